The van der Waals surface area contributed by atoms with E-state index in [1.54, 1.807) is 0 Å². The number of amides is 3. The molecule has 0 unspecified atom stereocenters. The third-order valence-electron chi connectivity index (χ3n) is 4.40. The van der Waals surface area contributed by atoms with Gasteiger partial charge in [0.2, 0.25) is 5.91 Å². The molecule has 1 N–H and O–H groups in total. The van der Waals surface area contributed by atoms with Gasteiger partial charge in [0.15, 0.2) is 0 Å². The van der Waals surface area contributed by atoms with Crippen LogP contribution in [0.25, 0.3) is 6.08 Å². The summed E-state index contributed by atoms with van der Waals surface area (Å²) in [6.45, 7) is 4.18. The van der Waals surface area contributed by atoms with Gasteiger partial charge in [-0.25, -0.2) is 4.98 Å². The number of nitro groups is 1. The van der Waals surface area contributed by atoms with E-state index in [0.29, 0.717) is 17.2 Å². The molecule has 1 aromatic heterocycles. The molecule has 2 aromatic rings. The predicted octanol–water partition coefficient (Wildman–Crippen LogP) is 4.22. The lowest BCUT2D eigenvalue weighted by Crippen LogP contribution is -2.37. The number of halogens is 1. The van der Waals surface area contributed by atoms with E-state index in [9.17, 15) is 24.5 Å². The summed E-state index contributed by atoms with van der Waals surface area (Å²) in [5, 5.41) is 16.0. The van der Waals surface area contributed by atoms with Crippen molar-refractivity contribution in [1.29, 1.82) is 0 Å². The summed E-state index contributed by atoms with van der Waals surface area (Å²) < 4.78 is 0. The van der Waals surface area contributed by atoms with Gasteiger partial charge in [-0.3, -0.25) is 29.4 Å². The van der Waals surface area contributed by atoms with Crippen LogP contribution in [-0.4, -0.2) is 45.0 Å². The largest absolute Gasteiger partial charge is 0.354 e. The Morgan fingerprint density at radius 1 is 1.38 bits per heavy atom. The number of nitrogens with zero attached hydrogens (tertiary/aromatic N) is 3. The van der Waals surface area contributed by atoms with Crippen LogP contribution in [0.2, 0.25) is 5.02 Å². The number of benzene rings is 1. The molecule has 0 spiro atoms. The van der Waals surface area contributed by atoms with Gasteiger partial charge in [-0.2, -0.15) is 0 Å². The molecule has 1 saturated heterocycles. The van der Waals surface area contributed by atoms with Gasteiger partial charge in [-0.1, -0.05) is 31.5 Å². The molecule has 0 radical (unpaired) electrons. The van der Waals surface area contributed by atoms with Crippen molar-refractivity contribution in [2.24, 2.45) is 0 Å². The number of imide groups is 1. The zero-order valence-corrected chi connectivity index (χ0v) is 19.6. The Bertz CT molecular complexity index is 1120. The molecule has 1 aromatic carbocycles. The molecule has 1 aliphatic heterocycles. The van der Waals surface area contributed by atoms with Gasteiger partial charge in [0.05, 0.1) is 27.0 Å². The second-order valence-corrected chi connectivity index (χ2v) is 9.45. The highest BCUT2D eigenvalue weighted by atomic mass is 35.5. The summed E-state index contributed by atoms with van der Waals surface area (Å²) in [6.07, 6.45) is 1.53. The Kier molecular flexibility index (Phi) is 7.64. The topological polar surface area (TPSA) is 123 Å². The Hall–Kier alpha value is -2.76. The van der Waals surface area contributed by atoms with E-state index in [4.69, 9.17) is 11.6 Å². The zero-order valence-electron chi connectivity index (χ0n) is 17.2. The smallest absolute Gasteiger partial charge is 0.293 e. The fourth-order valence-corrected chi connectivity index (χ4v) is 4.69. The van der Waals surface area contributed by atoms with E-state index in [1.807, 2.05) is 19.2 Å². The maximum atomic E-state index is 12.6. The first-order valence-electron chi connectivity index (χ1n) is 9.56. The lowest BCUT2D eigenvalue weighted by Gasteiger charge is -2.12. The molecule has 2 heterocycles. The lowest BCUT2D eigenvalue weighted by molar-refractivity contribution is -0.384. The van der Waals surface area contributed by atoms with Crippen LogP contribution in [0.3, 0.4) is 0 Å². The van der Waals surface area contributed by atoms with E-state index in [1.165, 1.54) is 35.6 Å². The van der Waals surface area contributed by atoms with E-state index >= 15 is 0 Å². The Morgan fingerprint density at radius 3 is 2.78 bits per heavy atom. The average Bonchev–Trinajstić information content (AvgIpc) is 3.29. The number of aromatic nitrogens is 1. The standard InChI is InChI=1S/C20H19ClN4O5S2/c1-11(2)18-23-13(10-31-18)9-17(26)22-5-6-24-19(27)16(32-20(24)28)8-12-3-4-14(21)15(7-12)25(29)30/h3-4,7-8,10-11H,5-6,9H2,1-2H3,(H,22,26)/b16-8-. The van der Waals surface area contributed by atoms with Crippen LogP contribution in [0, 0.1) is 10.1 Å². The maximum absolute atomic E-state index is 12.6. The van der Waals surface area contributed by atoms with Crippen molar-refractivity contribution in [3.63, 3.8) is 0 Å². The molecular weight excluding hydrogens is 476 g/mol. The van der Waals surface area contributed by atoms with Gasteiger partial charge in [-0.15, -0.1) is 11.3 Å². The van der Waals surface area contributed by atoms with Gasteiger partial charge in [0.1, 0.15) is 5.02 Å². The molecule has 0 bridgehead atoms. The van der Waals surface area contributed by atoms with Crippen molar-refractivity contribution in [2.45, 2.75) is 26.2 Å². The third-order valence-corrected chi connectivity index (χ3v) is 6.82. The molecule has 1 fully saturated rings. The molecule has 1 aliphatic rings. The van der Waals surface area contributed by atoms with E-state index in [2.05, 4.69) is 10.3 Å². The van der Waals surface area contributed by atoms with Crippen LogP contribution in [-0.2, 0) is 16.0 Å². The summed E-state index contributed by atoms with van der Waals surface area (Å²) in [4.78, 5) is 52.9. The number of carbonyl (C=O) groups is 3. The second kappa shape index (κ2) is 10.2. The first kappa shape index (κ1) is 23.9. The summed E-state index contributed by atoms with van der Waals surface area (Å²) in [6, 6.07) is 4.12. The number of thioether (sulfide) groups is 1. The van der Waals surface area contributed by atoms with Gasteiger partial charge < -0.3 is 5.32 Å². The van der Waals surface area contributed by atoms with E-state index in [0.717, 1.165) is 21.7 Å². The average molecular weight is 495 g/mol. The molecule has 0 aliphatic carbocycles. The van der Waals surface area contributed by atoms with Crippen molar-refractivity contribution in [3.8, 4) is 0 Å². The van der Waals surface area contributed by atoms with Crippen molar-refractivity contribution < 1.29 is 19.3 Å². The first-order chi connectivity index (χ1) is 15.2. The molecule has 3 amide bonds. The van der Waals surface area contributed by atoms with Crippen LogP contribution in [0.5, 0.6) is 0 Å². The van der Waals surface area contributed by atoms with Gasteiger partial charge >= 0.3 is 0 Å². The number of thiazole rings is 1. The maximum Gasteiger partial charge on any atom is 0.293 e. The van der Waals surface area contributed by atoms with Crippen molar-refractivity contribution >= 4 is 63.5 Å². The Labute approximate surface area is 197 Å². The third kappa shape index (κ3) is 5.72. The minimum absolute atomic E-state index is 0.0167. The normalized spacial score (nSPS) is 15.1. The van der Waals surface area contributed by atoms with Crippen LogP contribution >= 0.6 is 34.7 Å². The summed E-state index contributed by atoms with van der Waals surface area (Å²) in [5.41, 5.74) is 0.772. The number of nitrogens with one attached hydrogen (secondary N) is 1. The summed E-state index contributed by atoms with van der Waals surface area (Å²) in [5.74, 6) is -0.475. The highest BCUT2D eigenvalue weighted by Gasteiger charge is 2.34. The van der Waals surface area contributed by atoms with Crippen LogP contribution in [0.1, 0.15) is 36.0 Å². The Balaban J connectivity index is 1.57. The number of rotatable bonds is 8. The first-order valence-corrected chi connectivity index (χ1v) is 11.6. The fourth-order valence-electron chi connectivity index (χ4n) is 2.81. The second-order valence-electron chi connectivity index (χ2n) is 7.16. The van der Waals surface area contributed by atoms with E-state index < -0.39 is 16.1 Å². The monoisotopic (exact) mass is 494 g/mol. The summed E-state index contributed by atoms with van der Waals surface area (Å²) >= 11 is 8.04. The van der Waals surface area contributed by atoms with Crippen molar-refractivity contribution in [3.05, 3.63) is 59.9 Å². The number of carbonyl (C=O) groups excluding carboxylic acids is 3. The van der Waals surface area contributed by atoms with Crippen LogP contribution in [0.4, 0.5) is 10.5 Å². The van der Waals surface area contributed by atoms with Crippen LogP contribution < -0.4 is 5.32 Å². The van der Waals surface area contributed by atoms with Gasteiger partial charge in [-0.05, 0) is 29.5 Å². The number of hydrogen-bond acceptors (Lipinski definition) is 8. The van der Waals surface area contributed by atoms with Gasteiger partial charge in [0, 0.05) is 30.5 Å². The highest BCUT2D eigenvalue weighted by Crippen LogP contribution is 2.33. The predicted molar refractivity (Wildman–Crippen MR) is 124 cm³/mol. The molecular formula is C20H19ClN4O5S2. The van der Waals surface area contributed by atoms with Crippen molar-refractivity contribution in [2.75, 3.05) is 13.1 Å². The molecule has 0 saturated carbocycles. The quantitative estimate of drug-likeness (QED) is 0.331. The summed E-state index contributed by atoms with van der Waals surface area (Å²) in [7, 11) is 0. The molecule has 12 heteroatoms. The molecule has 32 heavy (non-hydrogen) atoms. The molecule has 168 valence electrons. The minimum atomic E-state index is -0.622. The van der Waals surface area contributed by atoms with E-state index in [-0.39, 0.29) is 41.0 Å². The number of hydrogen-bond donors (Lipinski definition) is 1. The van der Waals surface area contributed by atoms with Crippen LogP contribution in [0.15, 0.2) is 28.5 Å². The lowest BCUT2D eigenvalue weighted by atomic mass is 10.2. The number of nitro benzene ring substituents is 1. The van der Waals surface area contributed by atoms with Crippen molar-refractivity contribution in [1.82, 2.24) is 15.2 Å². The van der Waals surface area contributed by atoms with Gasteiger partial charge in [0.25, 0.3) is 16.8 Å². The molecule has 3 rings (SSSR count). The molecule has 0 atom stereocenters. The fraction of sp³-hybridized carbons (Fsp3) is 0.300. The zero-order chi connectivity index (χ0) is 23.4. The Morgan fingerprint density at radius 2 is 2.12 bits per heavy atom. The SMILES string of the molecule is CC(C)c1nc(CC(=O)NCCN2C(=O)S/C(=C\c3ccc(Cl)c([N+](=O)[O-])c3)C2=O)cs1. The molecule has 9 nitrogen and oxygen atoms in total. The highest BCUT2D eigenvalue weighted by molar-refractivity contribution is 8.18. The minimum Gasteiger partial charge on any atom is -0.354 e.